The summed E-state index contributed by atoms with van der Waals surface area (Å²) in [7, 11) is 0. The molecule has 1 N–H and O–H groups in total. The van der Waals surface area contributed by atoms with E-state index in [2.05, 4.69) is 29.3 Å². The Labute approximate surface area is 113 Å². The summed E-state index contributed by atoms with van der Waals surface area (Å²) >= 11 is 5.45. The molecule has 0 aromatic heterocycles. The van der Waals surface area contributed by atoms with Crippen molar-refractivity contribution < 1.29 is 0 Å². The van der Waals surface area contributed by atoms with E-state index in [1.165, 1.54) is 0 Å². The van der Waals surface area contributed by atoms with E-state index in [9.17, 15) is 0 Å². The van der Waals surface area contributed by atoms with Crippen molar-refractivity contribution in [3.63, 3.8) is 0 Å². The third-order valence-electron chi connectivity index (χ3n) is 2.65. The summed E-state index contributed by atoms with van der Waals surface area (Å²) in [6.45, 7) is 2.93. The molecule has 0 unspecified atom stereocenters. The van der Waals surface area contributed by atoms with Gasteiger partial charge in [0, 0.05) is 17.9 Å². The van der Waals surface area contributed by atoms with Crippen LogP contribution in [-0.4, -0.2) is 11.7 Å². The Balaban J connectivity index is 2.12. The molecule has 0 radical (unpaired) electrons. The zero-order chi connectivity index (χ0) is 12.8. The molecule has 92 valence electrons. The van der Waals surface area contributed by atoms with E-state index < -0.39 is 0 Å². The second-order valence-corrected chi connectivity index (χ2v) is 4.26. The van der Waals surface area contributed by atoms with E-state index >= 15 is 0 Å². The van der Waals surface area contributed by atoms with Crippen molar-refractivity contribution in [2.75, 3.05) is 16.8 Å². The number of hydrogen-bond acceptors (Lipinski definition) is 1. The van der Waals surface area contributed by atoms with Gasteiger partial charge < -0.3 is 10.2 Å². The van der Waals surface area contributed by atoms with Gasteiger partial charge in [0.05, 0.1) is 0 Å². The van der Waals surface area contributed by atoms with Crippen LogP contribution < -0.4 is 10.2 Å². The van der Waals surface area contributed by atoms with Crippen molar-refractivity contribution >= 4 is 28.7 Å². The Morgan fingerprint density at radius 2 is 1.56 bits per heavy atom. The Morgan fingerprint density at radius 1 is 1.00 bits per heavy atom. The monoisotopic (exact) mass is 256 g/mol. The SMILES string of the molecule is CCN(C(=S)Nc1ccccc1)c1ccccc1. The fourth-order valence-electron chi connectivity index (χ4n) is 1.76. The van der Waals surface area contributed by atoms with Crippen LogP contribution in [0.25, 0.3) is 0 Å². The van der Waals surface area contributed by atoms with Crippen molar-refractivity contribution in [3.05, 3.63) is 60.7 Å². The number of nitrogens with one attached hydrogen (secondary N) is 1. The number of benzene rings is 2. The van der Waals surface area contributed by atoms with Gasteiger partial charge in [-0.1, -0.05) is 36.4 Å². The quantitative estimate of drug-likeness (QED) is 0.838. The molecule has 2 aromatic rings. The Kier molecular flexibility index (Phi) is 4.31. The first-order chi connectivity index (χ1) is 8.81. The summed E-state index contributed by atoms with van der Waals surface area (Å²) in [4.78, 5) is 2.07. The minimum Gasteiger partial charge on any atom is -0.332 e. The highest BCUT2D eigenvalue weighted by Crippen LogP contribution is 2.15. The molecule has 18 heavy (non-hydrogen) atoms. The van der Waals surface area contributed by atoms with Gasteiger partial charge in [-0.25, -0.2) is 0 Å². The van der Waals surface area contributed by atoms with Crippen molar-refractivity contribution in [2.45, 2.75) is 6.92 Å². The van der Waals surface area contributed by atoms with Gasteiger partial charge in [-0.2, -0.15) is 0 Å². The van der Waals surface area contributed by atoms with Gasteiger partial charge in [-0.05, 0) is 43.4 Å². The summed E-state index contributed by atoms with van der Waals surface area (Å²) in [6, 6.07) is 20.1. The van der Waals surface area contributed by atoms with Gasteiger partial charge >= 0.3 is 0 Å². The van der Waals surface area contributed by atoms with Crippen LogP contribution >= 0.6 is 12.2 Å². The van der Waals surface area contributed by atoms with Crippen LogP contribution in [0.2, 0.25) is 0 Å². The van der Waals surface area contributed by atoms with Crippen LogP contribution in [0.15, 0.2) is 60.7 Å². The van der Waals surface area contributed by atoms with E-state index in [1.54, 1.807) is 0 Å². The molecule has 0 amide bonds. The molecule has 0 spiro atoms. The minimum atomic E-state index is 0.718. The summed E-state index contributed by atoms with van der Waals surface area (Å²) < 4.78 is 0. The van der Waals surface area contributed by atoms with Crippen LogP contribution in [0, 0.1) is 0 Å². The van der Waals surface area contributed by atoms with Crippen molar-refractivity contribution in [3.8, 4) is 0 Å². The smallest absolute Gasteiger partial charge is 0.177 e. The van der Waals surface area contributed by atoms with E-state index in [4.69, 9.17) is 12.2 Å². The first kappa shape index (κ1) is 12.6. The maximum absolute atomic E-state index is 5.45. The molecule has 2 rings (SSSR count). The lowest BCUT2D eigenvalue weighted by Crippen LogP contribution is -2.34. The zero-order valence-electron chi connectivity index (χ0n) is 10.3. The fraction of sp³-hybridized carbons (Fsp3) is 0.133. The average Bonchev–Trinajstić information content (AvgIpc) is 2.42. The summed E-state index contributed by atoms with van der Waals surface area (Å²) in [5, 5.41) is 3.97. The maximum Gasteiger partial charge on any atom is 0.177 e. The Morgan fingerprint density at radius 3 is 2.11 bits per heavy atom. The molecule has 0 bridgehead atoms. The first-order valence-electron chi connectivity index (χ1n) is 6.00. The van der Waals surface area contributed by atoms with Crippen LogP contribution in [0.5, 0.6) is 0 Å². The van der Waals surface area contributed by atoms with Gasteiger partial charge in [0.2, 0.25) is 0 Å². The number of thiocarbonyl (C=S) groups is 1. The van der Waals surface area contributed by atoms with E-state index in [0.717, 1.165) is 23.0 Å². The maximum atomic E-state index is 5.45. The van der Waals surface area contributed by atoms with Crippen LogP contribution in [0.4, 0.5) is 11.4 Å². The second-order valence-electron chi connectivity index (χ2n) is 3.88. The topological polar surface area (TPSA) is 15.3 Å². The van der Waals surface area contributed by atoms with Crippen molar-refractivity contribution in [1.82, 2.24) is 0 Å². The number of para-hydroxylation sites is 2. The lowest BCUT2D eigenvalue weighted by molar-refractivity contribution is 1.07. The lowest BCUT2D eigenvalue weighted by Gasteiger charge is -2.24. The molecule has 0 saturated carbocycles. The van der Waals surface area contributed by atoms with Gasteiger partial charge in [-0.3, -0.25) is 0 Å². The molecule has 0 aliphatic rings. The predicted molar refractivity (Wildman–Crippen MR) is 82.1 cm³/mol. The lowest BCUT2D eigenvalue weighted by atomic mass is 10.3. The molecule has 0 saturated heterocycles. The fourth-order valence-corrected chi connectivity index (χ4v) is 2.12. The summed E-state index contributed by atoms with van der Waals surface area (Å²) in [6.07, 6.45) is 0. The average molecular weight is 256 g/mol. The van der Waals surface area contributed by atoms with Gasteiger partial charge in [-0.15, -0.1) is 0 Å². The molecule has 2 nitrogen and oxygen atoms in total. The number of hydrogen-bond donors (Lipinski definition) is 1. The van der Waals surface area contributed by atoms with E-state index in [0.29, 0.717) is 0 Å². The number of anilines is 2. The summed E-state index contributed by atoms with van der Waals surface area (Å²) in [5.41, 5.74) is 2.12. The second kappa shape index (κ2) is 6.17. The first-order valence-corrected chi connectivity index (χ1v) is 6.40. The third kappa shape index (κ3) is 3.08. The minimum absolute atomic E-state index is 0.718. The molecule has 0 atom stereocenters. The molecule has 2 aromatic carbocycles. The van der Waals surface area contributed by atoms with Gasteiger partial charge in [0.15, 0.2) is 5.11 Å². The molecule has 0 heterocycles. The molecule has 0 fully saturated rings. The van der Waals surface area contributed by atoms with Gasteiger partial charge in [0.25, 0.3) is 0 Å². The molecular weight excluding hydrogens is 240 g/mol. The van der Waals surface area contributed by atoms with Crippen molar-refractivity contribution in [1.29, 1.82) is 0 Å². The van der Waals surface area contributed by atoms with E-state index in [-0.39, 0.29) is 0 Å². The van der Waals surface area contributed by atoms with E-state index in [1.807, 2.05) is 48.5 Å². The standard InChI is InChI=1S/C15H16N2S/c1-2-17(14-11-7-4-8-12-14)15(18)16-13-9-5-3-6-10-13/h3-12H,2H2,1H3,(H,16,18). The number of rotatable bonds is 3. The highest BCUT2D eigenvalue weighted by Gasteiger charge is 2.09. The van der Waals surface area contributed by atoms with Crippen LogP contribution in [0.1, 0.15) is 6.92 Å². The normalized spacial score (nSPS) is 9.83. The van der Waals surface area contributed by atoms with Gasteiger partial charge in [0.1, 0.15) is 0 Å². The molecule has 3 heteroatoms. The molecule has 0 aliphatic heterocycles. The molecular formula is C15H16N2S. The molecule has 0 aliphatic carbocycles. The Bertz CT molecular complexity index is 496. The summed E-state index contributed by atoms with van der Waals surface area (Å²) in [5.74, 6) is 0. The van der Waals surface area contributed by atoms with Crippen molar-refractivity contribution in [2.24, 2.45) is 0 Å². The largest absolute Gasteiger partial charge is 0.332 e. The third-order valence-corrected chi connectivity index (χ3v) is 2.98. The Hall–Kier alpha value is -1.87. The van der Waals surface area contributed by atoms with Crippen LogP contribution in [0.3, 0.4) is 0 Å². The number of nitrogens with zero attached hydrogens (tertiary/aromatic N) is 1. The highest BCUT2D eigenvalue weighted by molar-refractivity contribution is 7.80. The van der Waals surface area contributed by atoms with Crippen LogP contribution in [-0.2, 0) is 0 Å². The zero-order valence-corrected chi connectivity index (χ0v) is 11.2. The highest BCUT2D eigenvalue weighted by atomic mass is 32.1. The predicted octanol–water partition coefficient (Wildman–Crippen LogP) is 3.91.